The van der Waals surface area contributed by atoms with Gasteiger partial charge in [0.2, 0.25) is 0 Å². The number of carbonyl (C=O) groups excluding carboxylic acids is 3. The van der Waals surface area contributed by atoms with Gasteiger partial charge in [-0.05, 0) is 76.7 Å². The van der Waals surface area contributed by atoms with Gasteiger partial charge >= 0.3 is 17.8 Å². The van der Waals surface area contributed by atoms with Crippen LogP contribution in [-0.4, -0.2) is 24.0 Å². The molecule has 3 rings (SSSR count). The van der Waals surface area contributed by atoms with E-state index in [0.29, 0.717) is 22.6 Å². The molecule has 0 aliphatic rings. The smallest absolute Gasteiger partial charge is 0.344 e. The molecule has 3 aromatic carbocycles. The van der Waals surface area contributed by atoms with E-state index in [2.05, 4.69) is 38.4 Å². The first-order valence-electron chi connectivity index (χ1n) is 8.79. The molecule has 7 nitrogen and oxygen atoms in total. The Morgan fingerprint density at radius 3 is 2.20 bits per heavy atom. The summed E-state index contributed by atoms with van der Waals surface area (Å²) in [7, 11) is 0. The van der Waals surface area contributed by atoms with Crippen molar-refractivity contribution in [2.45, 2.75) is 0 Å². The monoisotopic (exact) mass is 513 g/mol. The zero-order valence-electron chi connectivity index (χ0n) is 15.5. The summed E-state index contributed by atoms with van der Waals surface area (Å²) < 4.78 is 6.16. The lowest BCUT2D eigenvalue weighted by Crippen LogP contribution is -2.32. The maximum absolute atomic E-state index is 12.2. The summed E-state index contributed by atoms with van der Waals surface area (Å²) in [5, 5.41) is 6.22. The van der Waals surface area contributed by atoms with E-state index in [1.165, 1.54) is 6.21 Å². The van der Waals surface area contributed by atoms with Crippen LogP contribution >= 0.6 is 22.6 Å². The molecular weight excluding hydrogens is 497 g/mol. The highest BCUT2D eigenvalue weighted by molar-refractivity contribution is 14.1. The topological polar surface area (TPSA) is 96.9 Å². The summed E-state index contributed by atoms with van der Waals surface area (Å²) in [6.07, 6.45) is 1.37. The average Bonchev–Trinajstić information content (AvgIpc) is 2.76. The van der Waals surface area contributed by atoms with Gasteiger partial charge in [-0.1, -0.05) is 30.3 Å². The van der Waals surface area contributed by atoms with E-state index in [4.69, 9.17) is 4.74 Å². The molecule has 0 unspecified atom stereocenters. The highest BCUT2D eigenvalue weighted by Crippen LogP contribution is 2.17. The van der Waals surface area contributed by atoms with E-state index >= 15 is 0 Å². The van der Waals surface area contributed by atoms with E-state index in [9.17, 15) is 14.4 Å². The summed E-state index contributed by atoms with van der Waals surface area (Å²) in [6, 6.07) is 22.3. The second-order valence-corrected chi connectivity index (χ2v) is 7.12. The third-order valence-corrected chi connectivity index (χ3v) is 4.74. The molecule has 0 fully saturated rings. The van der Waals surface area contributed by atoms with Gasteiger partial charge in [0.1, 0.15) is 5.75 Å². The lowest BCUT2D eigenvalue weighted by Gasteiger charge is -2.06. The predicted octanol–water partition coefficient (Wildman–Crippen LogP) is 3.60. The van der Waals surface area contributed by atoms with E-state index in [1.54, 1.807) is 66.7 Å². The Morgan fingerprint density at radius 2 is 1.50 bits per heavy atom. The number of nitrogens with one attached hydrogen (secondary N) is 2. The second-order valence-electron chi connectivity index (χ2n) is 5.96. The Hall–Kier alpha value is -3.53. The molecule has 0 aliphatic heterocycles. The van der Waals surface area contributed by atoms with Crippen molar-refractivity contribution in [2.75, 3.05) is 5.32 Å². The number of carbonyl (C=O) groups is 3. The first-order valence-corrected chi connectivity index (χ1v) is 9.87. The number of nitrogens with zero attached hydrogens (tertiary/aromatic N) is 1. The Kier molecular flexibility index (Phi) is 7.28. The standard InChI is InChI=1S/C22H16IN3O4/c23-19-9-5-4-8-18(19)22(29)30-17-12-10-15(11-13-17)14-24-26-21(28)20(27)25-16-6-2-1-3-7-16/h1-14H,(H,25,27)(H,26,28)/b24-14+. The fraction of sp³-hybridized carbons (Fsp3) is 0. The average molecular weight is 513 g/mol. The summed E-state index contributed by atoms with van der Waals surface area (Å²) in [5.74, 6) is -1.78. The number of esters is 1. The fourth-order valence-corrected chi connectivity index (χ4v) is 2.94. The Bertz CT molecular complexity index is 1080. The van der Waals surface area contributed by atoms with Crippen molar-refractivity contribution in [1.82, 2.24) is 5.43 Å². The number of ether oxygens (including phenoxy) is 1. The van der Waals surface area contributed by atoms with Gasteiger partial charge < -0.3 is 10.1 Å². The molecule has 0 saturated carbocycles. The van der Waals surface area contributed by atoms with Crippen LogP contribution in [0.1, 0.15) is 15.9 Å². The van der Waals surface area contributed by atoms with Gasteiger partial charge in [-0.3, -0.25) is 9.59 Å². The van der Waals surface area contributed by atoms with Crippen LogP contribution in [0.25, 0.3) is 0 Å². The van der Waals surface area contributed by atoms with Crippen molar-refractivity contribution < 1.29 is 19.1 Å². The molecule has 0 saturated heterocycles. The first-order chi connectivity index (χ1) is 14.5. The summed E-state index contributed by atoms with van der Waals surface area (Å²) in [5.41, 5.74) is 3.80. The van der Waals surface area contributed by atoms with Crippen LogP contribution in [0.3, 0.4) is 0 Å². The molecule has 0 spiro atoms. The molecule has 0 atom stereocenters. The number of anilines is 1. The lowest BCUT2D eigenvalue weighted by molar-refractivity contribution is -0.136. The van der Waals surface area contributed by atoms with Crippen molar-refractivity contribution in [3.05, 3.63) is 93.6 Å². The van der Waals surface area contributed by atoms with E-state index in [0.717, 1.165) is 3.57 Å². The maximum atomic E-state index is 12.2. The molecule has 2 N–H and O–H groups in total. The molecule has 0 radical (unpaired) electrons. The van der Waals surface area contributed by atoms with Crippen molar-refractivity contribution in [3.63, 3.8) is 0 Å². The summed E-state index contributed by atoms with van der Waals surface area (Å²) in [4.78, 5) is 35.8. The van der Waals surface area contributed by atoms with Crippen LogP contribution in [0.5, 0.6) is 5.75 Å². The van der Waals surface area contributed by atoms with Crippen LogP contribution in [0.4, 0.5) is 5.69 Å². The predicted molar refractivity (Wildman–Crippen MR) is 121 cm³/mol. The van der Waals surface area contributed by atoms with Gasteiger partial charge in [0.25, 0.3) is 0 Å². The lowest BCUT2D eigenvalue weighted by atomic mass is 10.2. The maximum Gasteiger partial charge on any atom is 0.344 e. The van der Waals surface area contributed by atoms with Crippen molar-refractivity contribution in [3.8, 4) is 5.75 Å². The highest BCUT2D eigenvalue weighted by atomic mass is 127. The third-order valence-electron chi connectivity index (χ3n) is 3.80. The minimum absolute atomic E-state index is 0.378. The summed E-state index contributed by atoms with van der Waals surface area (Å²) in [6.45, 7) is 0. The van der Waals surface area contributed by atoms with Crippen LogP contribution in [0.15, 0.2) is 84.0 Å². The zero-order valence-corrected chi connectivity index (χ0v) is 17.7. The SMILES string of the molecule is O=C(N/N=C/c1ccc(OC(=O)c2ccccc2I)cc1)C(=O)Nc1ccccc1. The number of rotatable bonds is 5. The van der Waals surface area contributed by atoms with Gasteiger partial charge in [-0.2, -0.15) is 5.10 Å². The van der Waals surface area contributed by atoms with Gasteiger partial charge in [0.05, 0.1) is 11.8 Å². The first kappa shape index (κ1) is 21.2. The number of amides is 2. The Balaban J connectivity index is 1.52. The van der Waals surface area contributed by atoms with Crippen molar-refractivity contribution >= 4 is 52.3 Å². The van der Waals surface area contributed by atoms with Crippen LogP contribution < -0.4 is 15.5 Å². The second kappa shape index (κ2) is 10.3. The molecule has 0 aromatic heterocycles. The van der Waals surface area contributed by atoms with Crippen LogP contribution in [-0.2, 0) is 9.59 Å². The van der Waals surface area contributed by atoms with E-state index in [-0.39, 0.29) is 0 Å². The Labute approximate surface area is 186 Å². The Morgan fingerprint density at radius 1 is 0.833 bits per heavy atom. The van der Waals surface area contributed by atoms with E-state index < -0.39 is 17.8 Å². The fourth-order valence-electron chi connectivity index (χ4n) is 2.34. The molecule has 8 heteroatoms. The molecule has 150 valence electrons. The van der Waals surface area contributed by atoms with E-state index in [1.807, 2.05) is 12.1 Å². The van der Waals surface area contributed by atoms with Crippen molar-refractivity contribution in [2.24, 2.45) is 5.10 Å². The van der Waals surface area contributed by atoms with Gasteiger partial charge in [-0.15, -0.1) is 0 Å². The quantitative estimate of drug-likeness (QED) is 0.136. The van der Waals surface area contributed by atoms with Crippen LogP contribution in [0, 0.1) is 3.57 Å². The molecule has 0 aliphatic carbocycles. The molecule has 3 aromatic rings. The van der Waals surface area contributed by atoms with Crippen LogP contribution in [0.2, 0.25) is 0 Å². The number of hydrogen-bond acceptors (Lipinski definition) is 5. The summed E-state index contributed by atoms with van der Waals surface area (Å²) >= 11 is 2.07. The normalized spacial score (nSPS) is 10.4. The van der Waals surface area contributed by atoms with Gasteiger partial charge in [-0.25, -0.2) is 10.2 Å². The van der Waals surface area contributed by atoms with Crippen molar-refractivity contribution in [1.29, 1.82) is 0 Å². The number of hydrazone groups is 1. The van der Waals surface area contributed by atoms with Gasteiger partial charge in [0, 0.05) is 9.26 Å². The molecule has 0 bridgehead atoms. The minimum atomic E-state index is -0.891. The van der Waals surface area contributed by atoms with Gasteiger partial charge in [0.15, 0.2) is 0 Å². The molecular formula is C22H16IN3O4. The minimum Gasteiger partial charge on any atom is -0.423 e. The number of benzene rings is 3. The highest BCUT2D eigenvalue weighted by Gasteiger charge is 2.13. The molecule has 2 amide bonds. The molecule has 0 heterocycles. The number of hydrogen-bond donors (Lipinski definition) is 2. The number of para-hydroxylation sites is 1. The zero-order chi connectivity index (χ0) is 21.3. The molecule has 30 heavy (non-hydrogen) atoms. The third kappa shape index (κ3) is 5.98. The number of halogens is 1. The largest absolute Gasteiger partial charge is 0.423 e.